The molecule has 0 aliphatic carbocycles. The summed E-state index contributed by atoms with van der Waals surface area (Å²) in [6.45, 7) is 5.72. The fourth-order valence-corrected chi connectivity index (χ4v) is 2.01. The van der Waals surface area contributed by atoms with E-state index >= 15 is 0 Å². The number of hydrogen-bond donors (Lipinski definition) is 0. The van der Waals surface area contributed by atoms with Gasteiger partial charge in [-0.15, -0.1) is 0 Å². The van der Waals surface area contributed by atoms with E-state index in [2.05, 4.69) is 0 Å². The number of carbonyl (C=O) groups is 2. The maximum atomic E-state index is 12.4. The first kappa shape index (κ1) is 15.0. The fourth-order valence-electron chi connectivity index (χ4n) is 2.01. The molecule has 0 aromatic heterocycles. The fraction of sp³-hybridized carbons (Fsp3) is 0.222. The van der Waals surface area contributed by atoms with Crippen LogP contribution in [0.15, 0.2) is 42.5 Å². The highest BCUT2D eigenvalue weighted by molar-refractivity contribution is 5.99. The lowest BCUT2D eigenvalue weighted by atomic mass is 10.0. The van der Waals surface area contributed by atoms with Gasteiger partial charge in [0.1, 0.15) is 12.0 Å². The van der Waals surface area contributed by atoms with Crippen LogP contribution in [0.5, 0.6) is 5.75 Å². The molecular weight excluding hydrogens is 264 g/mol. The average Bonchev–Trinajstić information content (AvgIpc) is 2.50. The lowest BCUT2D eigenvalue weighted by Crippen LogP contribution is -2.24. The van der Waals surface area contributed by atoms with E-state index in [4.69, 9.17) is 4.74 Å². The molecular formula is C18H18O3. The van der Waals surface area contributed by atoms with Crippen molar-refractivity contribution in [3.05, 3.63) is 64.7 Å². The summed E-state index contributed by atoms with van der Waals surface area (Å²) in [5.74, 6) is 0.517. The first-order valence-electron chi connectivity index (χ1n) is 6.84. The second-order valence-corrected chi connectivity index (χ2v) is 5.11. The normalized spacial score (nSPS) is 11.8. The molecule has 108 valence electrons. The molecule has 0 amide bonds. The molecule has 1 atom stereocenters. The monoisotopic (exact) mass is 282 g/mol. The Morgan fingerprint density at radius 2 is 1.71 bits per heavy atom. The van der Waals surface area contributed by atoms with Gasteiger partial charge >= 0.3 is 0 Å². The summed E-state index contributed by atoms with van der Waals surface area (Å²) in [6.07, 6.45) is 0.196. The van der Waals surface area contributed by atoms with Crippen LogP contribution in [0.3, 0.4) is 0 Å². The molecule has 0 aliphatic rings. The van der Waals surface area contributed by atoms with Gasteiger partial charge in [-0.1, -0.05) is 12.1 Å². The summed E-state index contributed by atoms with van der Waals surface area (Å²) in [5.41, 5.74) is 3.47. The Bertz CT molecular complexity index is 657. The number of aldehydes is 1. The van der Waals surface area contributed by atoms with Gasteiger partial charge in [0, 0.05) is 11.1 Å². The van der Waals surface area contributed by atoms with Gasteiger partial charge in [0.05, 0.1) is 0 Å². The maximum Gasteiger partial charge on any atom is 0.203 e. The smallest absolute Gasteiger partial charge is 0.203 e. The van der Waals surface area contributed by atoms with E-state index in [1.807, 2.05) is 32.0 Å². The Morgan fingerprint density at radius 1 is 1.05 bits per heavy atom. The van der Waals surface area contributed by atoms with Crippen LogP contribution in [0.4, 0.5) is 0 Å². The van der Waals surface area contributed by atoms with E-state index in [1.165, 1.54) is 0 Å². The molecule has 0 saturated heterocycles. The third-order valence-corrected chi connectivity index (χ3v) is 3.49. The van der Waals surface area contributed by atoms with Crippen LogP contribution in [0.1, 0.15) is 38.8 Å². The Labute approximate surface area is 124 Å². The van der Waals surface area contributed by atoms with Crippen LogP contribution in [-0.2, 0) is 0 Å². The molecule has 0 saturated carbocycles. The minimum Gasteiger partial charge on any atom is -0.483 e. The van der Waals surface area contributed by atoms with E-state index in [0.717, 1.165) is 17.4 Å². The molecule has 2 rings (SSSR count). The molecule has 2 aromatic carbocycles. The molecule has 2 aromatic rings. The van der Waals surface area contributed by atoms with Gasteiger partial charge < -0.3 is 4.74 Å². The molecule has 3 nitrogen and oxygen atoms in total. The maximum absolute atomic E-state index is 12.4. The predicted octanol–water partition coefficient (Wildman–Crippen LogP) is 3.77. The third kappa shape index (κ3) is 3.57. The lowest BCUT2D eigenvalue weighted by Gasteiger charge is -2.14. The highest BCUT2D eigenvalue weighted by Crippen LogP contribution is 2.17. The van der Waals surface area contributed by atoms with E-state index in [0.29, 0.717) is 16.9 Å². The first-order valence-corrected chi connectivity index (χ1v) is 6.84. The summed E-state index contributed by atoms with van der Waals surface area (Å²) < 4.78 is 5.63. The molecule has 0 N–H and O–H groups in total. The number of Topliss-reactive ketones (excluding diaryl/α,β-unsaturated/α-hetero) is 1. The van der Waals surface area contributed by atoms with Crippen molar-refractivity contribution in [3.8, 4) is 5.75 Å². The number of benzene rings is 2. The van der Waals surface area contributed by atoms with Crippen LogP contribution in [0.25, 0.3) is 0 Å². The van der Waals surface area contributed by atoms with Crippen molar-refractivity contribution in [2.24, 2.45) is 0 Å². The molecule has 3 heteroatoms. The number of rotatable bonds is 5. The van der Waals surface area contributed by atoms with Crippen LogP contribution in [0, 0.1) is 13.8 Å². The van der Waals surface area contributed by atoms with Crippen LogP contribution in [0.2, 0.25) is 0 Å². The molecule has 21 heavy (non-hydrogen) atoms. The Kier molecular flexibility index (Phi) is 4.53. The van der Waals surface area contributed by atoms with E-state index in [1.54, 1.807) is 31.2 Å². The molecule has 0 spiro atoms. The highest BCUT2D eigenvalue weighted by atomic mass is 16.5. The summed E-state index contributed by atoms with van der Waals surface area (Å²) in [4.78, 5) is 23.0. The molecule has 0 fully saturated rings. The lowest BCUT2D eigenvalue weighted by molar-refractivity contribution is 0.0817. The topological polar surface area (TPSA) is 43.4 Å². The van der Waals surface area contributed by atoms with Crippen molar-refractivity contribution in [3.63, 3.8) is 0 Å². The number of hydrogen-bond acceptors (Lipinski definition) is 3. The van der Waals surface area contributed by atoms with E-state index < -0.39 is 6.10 Å². The molecule has 0 heterocycles. The zero-order chi connectivity index (χ0) is 15.4. The summed E-state index contributed by atoms with van der Waals surface area (Å²) >= 11 is 0. The van der Waals surface area contributed by atoms with Gasteiger partial charge in [-0.3, -0.25) is 9.59 Å². The average molecular weight is 282 g/mol. The zero-order valence-corrected chi connectivity index (χ0v) is 12.4. The van der Waals surface area contributed by atoms with Crippen molar-refractivity contribution in [2.45, 2.75) is 26.9 Å². The largest absolute Gasteiger partial charge is 0.483 e. The molecule has 0 aliphatic heterocycles. The van der Waals surface area contributed by atoms with Gasteiger partial charge in [-0.05, 0) is 62.2 Å². The number of carbonyl (C=O) groups excluding carboxylic acids is 2. The SMILES string of the molecule is Cc1ccc(C(=O)C(C)Oc2ccc(C=O)cc2)cc1C. The van der Waals surface area contributed by atoms with Crippen molar-refractivity contribution in [1.29, 1.82) is 0 Å². The molecule has 0 bridgehead atoms. The summed E-state index contributed by atoms with van der Waals surface area (Å²) in [6, 6.07) is 12.3. The zero-order valence-electron chi connectivity index (χ0n) is 12.4. The Morgan fingerprint density at radius 3 is 2.29 bits per heavy atom. The van der Waals surface area contributed by atoms with Crippen LogP contribution in [-0.4, -0.2) is 18.2 Å². The van der Waals surface area contributed by atoms with E-state index in [9.17, 15) is 9.59 Å². The first-order chi connectivity index (χ1) is 10.0. The second kappa shape index (κ2) is 6.35. The van der Waals surface area contributed by atoms with Gasteiger partial charge in [0.25, 0.3) is 0 Å². The number of ketones is 1. The van der Waals surface area contributed by atoms with Crippen molar-refractivity contribution >= 4 is 12.1 Å². The highest BCUT2D eigenvalue weighted by Gasteiger charge is 2.17. The minimum absolute atomic E-state index is 0.0578. The third-order valence-electron chi connectivity index (χ3n) is 3.49. The predicted molar refractivity (Wildman–Crippen MR) is 82.2 cm³/mol. The van der Waals surface area contributed by atoms with Crippen LogP contribution < -0.4 is 4.74 Å². The Hall–Kier alpha value is -2.42. The van der Waals surface area contributed by atoms with Gasteiger partial charge in [0.2, 0.25) is 5.78 Å². The van der Waals surface area contributed by atoms with E-state index in [-0.39, 0.29) is 5.78 Å². The van der Waals surface area contributed by atoms with Crippen LogP contribution >= 0.6 is 0 Å². The minimum atomic E-state index is -0.575. The standard InChI is InChI=1S/C18H18O3/c1-12-4-7-16(10-13(12)2)18(20)14(3)21-17-8-5-15(11-19)6-9-17/h4-11,14H,1-3H3. The molecule has 1 unspecified atom stereocenters. The van der Waals surface area contributed by atoms with Crippen molar-refractivity contribution in [1.82, 2.24) is 0 Å². The number of aryl methyl sites for hydroxylation is 2. The number of ether oxygens (including phenoxy) is 1. The second-order valence-electron chi connectivity index (χ2n) is 5.11. The Balaban J connectivity index is 2.11. The van der Waals surface area contributed by atoms with Gasteiger partial charge in [0.15, 0.2) is 6.10 Å². The summed E-state index contributed by atoms with van der Waals surface area (Å²) in [7, 11) is 0. The van der Waals surface area contributed by atoms with Gasteiger partial charge in [-0.2, -0.15) is 0 Å². The van der Waals surface area contributed by atoms with Crippen molar-refractivity contribution < 1.29 is 14.3 Å². The van der Waals surface area contributed by atoms with Crippen molar-refractivity contribution in [2.75, 3.05) is 0 Å². The molecule has 0 radical (unpaired) electrons. The quantitative estimate of drug-likeness (QED) is 0.619. The van der Waals surface area contributed by atoms with Gasteiger partial charge in [-0.25, -0.2) is 0 Å². The summed E-state index contributed by atoms with van der Waals surface area (Å²) in [5, 5.41) is 0.